The summed E-state index contributed by atoms with van der Waals surface area (Å²) in [6.07, 6.45) is 5.27. The Morgan fingerprint density at radius 3 is 2.73 bits per heavy atom. The van der Waals surface area contributed by atoms with E-state index in [1.54, 1.807) is 0 Å². The van der Waals surface area contributed by atoms with Gasteiger partial charge in [0, 0.05) is 25.0 Å². The van der Waals surface area contributed by atoms with E-state index in [4.69, 9.17) is 5.73 Å². The summed E-state index contributed by atoms with van der Waals surface area (Å²) in [7, 11) is 0. The zero-order chi connectivity index (χ0) is 10.8. The minimum atomic E-state index is 0.196. The third-order valence-corrected chi connectivity index (χ3v) is 4.20. The van der Waals surface area contributed by atoms with Gasteiger partial charge in [-0.25, -0.2) is 0 Å². The van der Waals surface area contributed by atoms with Gasteiger partial charge in [-0.3, -0.25) is 4.79 Å². The third kappa shape index (κ3) is 2.31. The van der Waals surface area contributed by atoms with Crippen molar-refractivity contribution < 1.29 is 4.79 Å². The lowest BCUT2D eigenvalue weighted by atomic mass is 9.90. The molecule has 1 aliphatic carbocycles. The predicted octanol–water partition coefficient (Wildman–Crippen LogP) is 1.03. The molecule has 15 heavy (non-hydrogen) atoms. The first kappa shape index (κ1) is 11.3. The molecule has 4 heteroatoms. The number of hydrogen-bond acceptors (Lipinski definition) is 3. The Balaban J connectivity index is 2.00. The highest BCUT2D eigenvalue weighted by Gasteiger charge is 2.36. The van der Waals surface area contributed by atoms with Gasteiger partial charge in [0.15, 0.2) is 0 Å². The summed E-state index contributed by atoms with van der Waals surface area (Å²) in [5, 5.41) is 0. The molecule has 2 aliphatic rings. The van der Waals surface area contributed by atoms with Gasteiger partial charge in [0.2, 0.25) is 5.91 Å². The largest absolute Gasteiger partial charge is 0.338 e. The normalized spacial score (nSPS) is 37.3. The molecule has 3 atom stereocenters. The lowest BCUT2D eigenvalue weighted by molar-refractivity contribution is -0.130. The summed E-state index contributed by atoms with van der Waals surface area (Å²) in [5.41, 5.74) is 6.09. The van der Waals surface area contributed by atoms with E-state index in [9.17, 15) is 4.79 Å². The smallest absolute Gasteiger partial charge is 0.223 e. The van der Waals surface area contributed by atoms with Gasteiger partial charge < -0.3 is 10.6 Å². The highest BCUT2D eigenvalue weighted by Crippen LogP contribution is 2.28. The second-order valence-electron chi connectivity index (χ2n) is 4.81. The molecule has 2 rings (SSSR count). The number of hydrogen-bond donors (Lipinski definition) is 2. The second-order valence-corrected chi connectivity index (χ2v) is 5.18. The summed E-state index contributed by atoms with van der Waals surface area (Å²) in [5.74, 6) is 1.54. The van der Waals surface area contributed by atoms with E-state index in [2.05, 4.69) is 12.6 Å². The number of thiol groups is 1. The van der Waals surface area contributed by atoms with Gasteiger partial charge in [-0.05, 0) is 24.5 Å². The molecule has 0 spiro atoms. The van der Waals surface area contributed by atoms with Gasteiger partial charge in [-0.15, -0.1) is 0 Å². The topological polar surface area (TPSA) is 46.3 Å². The molecule has 1 aliphatic heterocycles. The van der Waals surface area contributed by atoms with Gasteiger partial charge in [-0.2, -0.15) is 12.6 Å². The van der Waals surface area contributed by atoms with Crippen molar-refractivity contribution in [3.63, 3.8) is 0 Å². The number of amides is 1. The average molecular weight is 228 g/mol. The molecule has 86 valence electrons. The molecular weight excluding hydrogens is 208 g/mol. The first-order valence-corrected chi connectivity index (χ1v) is 6.51. The molecule has 0 radical (unpaired) electrons. The first-order valence-electron chi connectivity index (χ1n) is 5.88. The SMILES string of the molecule is NC1CCCCC1N1CC(CS)CC1=O. The van der Waals surface area contributed by atoms with Crippen LogP contribution in [0.5, 0.6) is 0 Å². The number of carbonyl (C=O) groups excluding carboxylic acids is 1. The Labute approximate surface area is 96.8 Å². The standard InChI is InChI=1S/C11H20N2OS/c12-9-3-1-2-4-10(9)13-6-8(7-15)5-11(13)14/h8-10,15H,1-7,12H2. The Hall–Kier alpha value is -0.220. The summed E-state index contributed by atoms with van der Waals surface area (Å²) < 4.78 is 0. The highest BCUT2D eigenvalue weighted by atomic mass is 32.1. The van der Waals surface area contributed by atoms with E-state index in [1.165, 1.54) is 12.8 Å². The number of nitrogens with two attached hydrogens (primary N) is 1. The van der Waals surface area contributed by atoms with Crippen molar-refractivity contribution in [3.8, 4) is 0 Å². The lowest BCUT2D eigenvalue weighted by Gasteiger charge is -2.36. The molecule has 0 aromatic carbocycles. The molecule has 2 N–H and O–H groups in total. The van der Waals surface area contributed by atoms with Gasteiger partial charge in [0.05, 0.1) is 0 Å². The average Bonchev–Trinajstić information content (AvgIpc) is 2.60. The zero-order valence-electron chi connectivity index (χ0n) is 9.06. The van der Waals surface area contributed by atoms with Crippen LogP contribution in [0.2, 0.25) is 0 Å². The van der Waals surface area contributed by atoms with E-state index in [-0.39, 0.29) is 11.9 Å². The number of carbonyl (C=O) groups is 1. The molecule has 0 aromatic rings. The van der Waals surface area contributed by atoms with Crippen molar-refractivity contribution in [3.05, 3.63) is 0 Å². The van der Waals surface area contributed by atoms with E-state index >= 15 is 0 Å². The molecule has 0 bridgehead atoms. The first-order chi connectivity index (χ1) is 7.22. The number of nitrogens with zero attached hydrogens (tertiary/aromatic N) is 1. The maximum absolute atomic E-state index is 11.8. The van der Waals surface area contributed by atoms with Crippen molar-refractivity contribution >= 4 is 18.5 Å². The Morgan fingerprint density at radius 2 is 2.13 bits per heavy atom. The molecule has 1 saturated heterocycles. The predicted molar refractivity (Wildman–Crippen MR) is 63.9 cm³/mol. The molecule has 1 amide bonds. The Kier molecular flexibility index (Phi) is 3.57. The molecule has 1 heterocycles. The van der Waals surface area contributed by atoms with Crippen LogP contribution in [-0.2, 0) is 4.79 Å². The summed E-state index contributed by atoms with van der Waals surface area (Å²) >= 11 is 4.27. The van der Waals surface area contributed by atoms with Crippen LogP contribution in [0.1, 0.15) is 32.1 Å². The van der Waals surface area contributed by atoms with Crippen molar-refractivity contribution in [2.75, 3.05) is 12.3 Å². The van der Waals surface area contributed by atoms with Crippen molar-refractivity contribution in [2.24, 2.45) is 11.7 Å². The molecule has 0 aromatic heterocycles. The monoisotopic (exact) mass is 228 g/mol. The van der Waals surface area contributed by atoms with Gasteiger partial charge >= 0.3 is 0 Å². The van der Waals surface area contributed by atoms with Crippen LogP contribution in [0.25, 0.3) is 0 Å². The fraction of sp³-hybridized carbons (Fsp3) is 0.909. The van der Waals surface area contributed by atoms with Crippen molar-refractivity contribution in [2.45, 2.75) is 44.2 Å². The van der Waals surface area contributed by atoms with E-state index < -0.39 is 0 Å². The van der Waals surface area contributed by atoms with Crippen molar-refractivity contribution in [1.82, 2.24) is 4.90 Å². The van der Waals surface area contributed by atoms with Crippen LogP contribution in [0.4, 0.5) is 0 Å². The Morgan fingerprint density at radius 1 is 1.40 bits per heavy atom. The molecule has 2 fully saturated rings. The van der Waals surface area contributed by atoms with Crippen LogP contribution in [0.3, 0.4) is 0 Å². The summed E-state index contributed by atoms with van der Waals surface area (Å²) in [6, 6.07) is 0.498. The van der Waals surface area contributed by atoms with E-state index in [0.717, 1.165) is 25.1 Å². The van der Waals surface area contributed by atoms with Crippen LogP contribution < -0.4 is 5.73 Å². The maximum Gasteiger partial charge on any atom is 0.223 e. The van der Waals surface area contributed by atoms with Gasteiger partial charge in [-0.1, -0.05) is 12.8 Å². The molecular formula is C11H20N2OS. The van der Waals surface area contributed by atoms with Gasteiger partial charge in [0.25, 0.3) is 0 Å². The fourth-order valence-corrected chi connectivity index (χ4v) is 3.02. The van der Waals surface area contributed by atoms with Crippen LogP contribution in [0, 0.1) is 5.92 Å². The minimum absolute atomic E-state index is 0.196. The van der Waals surface area contributed by atoms with E-state index in [1.807, 2.05) is 4.90 Å². The quantitative estimate of drug-likeness (QED) is 0.694. The van der Waals surface area contributed by atoms with Crippen LogP contribution in [-0.4, -0.2) is 35.2 Å². The lowest BCUT2D eigenvalue weighted by Crippen LogP contribution is -2.50. The minimum Gasteiger partial charge on any atom is -0.338 e. The molecule has 3 unspecified atom stereocenters. The maximum atomic E-state index is 11.8. The molecule has 3 nitrogen and oxygen atoms in total. The fourth-order valence-electron chi connectivity index (χ4n) is 2.78. The zero-order valence-corrected chi connectivity index (χ0v) is 9.96. The Bertz CT molecular complexity index is 247. The van der Waals surface area contributed by atoms with E-state index in [0.29, 0.717) is 18.4 Å². The summed E-state index contributed by atoms with van der Waals surface area (Å²) in [6.45, 7) is 0.876. The number of rotatable bonds is 2. The number of likely N-dealkylation sites (tertiary alicyclic amines) is 1. The van der Waals surface area contributed by atoms with Crippen LogP contribution >= 0.6 is 12.6 Å². The molecule has 1 saturated carbocycles. The summed E-state index contributed by atoms with van der Waals surface area (Å²) in [4.78, 5) is 13.8. The van der Waals surface area contributed by atoms with Crippen molar-refractivity contribution in [1.29, 1.82) is 0 Å². The third-order valence-electron chi connectivity index (χ3n) is 3.68. The highest BCUT2D eigenvalue weighted by molar-refractivity contribution is 7.80. The van der Waals surface area contributed by atoms with Gasteiger partial charge in [0.1, 0.15) is 0 Å². The second kappa shape index (κ2) is 4.74. The van der Waals surface area contributed by atoms with Crippen LogP contribution in [0.15, 0.2) is 0 Å².